The van der Waals surface area contributed by atoms with Crippen LogP contribution >= 0.6 is 0 Å². The van der Waals surface area contributed by atoms with Gasteiger partial charge in [-0.2, -0.15) is 0 Å². The van der Waals surface area contributed by atoms with Crippen molar-refractivity contribution in [2.75, 3.05) is 6.26 Å². The van der Waals surface area contributed by atoms with E-state index in [1.165, 1.54) is 17.4 Å². The molecule has 0 heterocycles. The fraction of sp³-hybridized carbons (Fsp3) is 0.333. The Kier molecular flexibility index (Phi) is 3.98. The maximum atomic E-state index is 11.5. The van der Waals surface area contributed by atoms with E-state index in [1.807, 2.05) is 12.1 Å². The first-order valence-electron chi connectivity index (χ1n) is 7.01. The van der Waals surface area contributed by atoms with Gasteiger partial charge in [0.25, 0.3) is 0 Å². The molecule has 2 rings (SSSR count). The molecule has 0 N–H and O–H groups in total. The second-order valence-corrected chi connectivity index (χ2v) is 8.59. The Morgan fingerprint density at radius 1 is 0.905 bits per heavy atom. The van der Waals surface area contributed by atoms with Crippen LogP contribution in [-0.4, -0.2) is 14.7 Å². The summed E-state index contributed by atoms with van der Waals surface area (Å²) in [4.78, 5) is 0.357. The van der Waals surface area contributed by atoms with Gasteiger partial charge in [-0.1, -0.05) is 51.1 Å². The number of sulfone groups is 1. The fourth-order valence-electron chi connectivity index (χ4n) is 2.34. The van der Waals surface area contributed by atoms with E-state index in [-0.39, 0.29) is 5.41 Å². The Bertz CT molecular complexity index is 749. The SMILES string of the molecule is Cc1cc(C(C)(C)C)ccc1-c1ccc(S(C)(=O)=O)cc1. The number of benzene rings is 2. The highest BCUT2D eigenvalue weighted by Crippen LogP contribution is 2.29. The zero-order valence-electron chi connectivity index (χ0n) is 13.3. The van der Waals surface area contributed by atoms with E-state index in [4.69, 9.17) is 0 Å². The number of rotatable bonds is 2. The highest BCUT2D eigenvalue weighted by Gasteiger charge is 2.15. The highest BCUT2D eigenvalue weighted by atomic mass is 32.2. The minimum absolute atomic E-state index is 0.128. The third-order valence-electron chi connectivity index (χ3n) is 3.69. The van der Waals surface area contributed by atoms with E-state index in [0.717, 1.165) is 11.1 Å². The summed E-state index contributed by atoms with van der Waals surface area (Å²) in [6.45, 7) is 8.68. The summed E-state index contributed by atoms with van der Waals surface area (Å²) in [6.07, 6.45) is 1.23. The molecule has 0 atom stereocenters. The van der Waals surface area contributed by atoms with Crippen LogP contribution in [-0.2, 0) is 15.3 Å². The molecule has 0 fully saturated rings. The molecule has 112 valence electrons. The maximum absolute atomic E-state index is 11.5. The monoisotopic (exact) mass is 302 g/mol. The van der Waals surface area contributed by atoms with Gasteiger partial charge in [-0.3, -0.25) is 0 Å². The molecule has 3 heteroatoms. The lowest BCUT2D eigenvalue weighted by Crippen LogP contribution is -2.11. The van der Waals surface area contributed by atoms with E-state index >= 15 is 0 Å². The van der Waals surface area contributed by atoms with Crippen LogP contribution in [0.15, 0.2) is 47.4 Å². The molecule has 0 spiro atoms. The van der Waals surface area contributed by atoms with Gasteiger partial charge in [0, 0.05) is 6.26 Å². The molecule has 0 aliphatic heterocycles. The van der Waals surface area contributed by atoms with E-state index < -0.39 is 9.84 Å². The van der Waals surface area contributed by atoms with E-state index in [0.29, 0.717) is 4.90 Å². The molecule has 0 bridgehead atoms. The van der Waals surface area contributed by atoms with Gasteiger partial charge in [0.2, 0.25) is 0 Å². The standard InChI is InChI=1S/C18H22O2S/c1-13-12-15(18(2,3)4)8-11-17(13)14-6-9-16(10-7-14)21(5,19)20/h6-12H,1-5H3. The van der Waals surface area contributed by atoms with Crippen LogP contribution in [0.4, 0.5) is 0 Å². The smallest absolute Gasteiger partial charge is 0.175 e. The van der Waals surface area contributed by atoms with Crippen LogP contribution in [0.1, 0.15) is 31.9 Å². The third kappa shape index (κ3) is 3.53. The highest BCUT2D eigenvalue weighted by molar-refractivity contribution is 7.90. The first kappa shape index (κ1) is 15.8. The van der Waals surface area contributed by atoms with Crippen molar-refractivity contribution >= 4 is 9.84 Å². The average Bonchev–Trinajstić information content (AvgIpc) is 2.36. The number of hydrogen-bond acceptors (Lipinski definition) is 2. The summed E-state index contributed by atoms with van der Waals surface area (Å²) in [7, 11) is -3.14. The van der Waals surface area contributed by atoms with Gasteiger partial charge in [-0.15, -0.1) is 0 Å². The van der Waals surface area contributed by atoms with Crippen LogP contribution in [0.2, 0.25) is 0 Å². The average molecular weight is 302 g/mol. The van der Waals surface area contributed by atoms with E-state index in [2.05, 4.69) is 45.9 Å². The Morgan fingerprint density at radius 2 is 1.48 bits per heavy atom. The normalized spacial score (nSPS) is 12.4. The Labute approximate surface area is 127 Å². The van der Waals surface area contributed by atoms with Crippen LogP contribution in [0.3, 0.4) is 0 Å². The van der Waals surface area contributed by atoms with Gasteiger partial charge in [-0.05, 0) is 46.7 Å². The number of aryl methyl sites for hydroxylation is 1. The van der Waals surface area contributed by atoms with E-state index in [1.54, 1.807) is 12.1 Å². The molecule has 0 aromatic heterocycles. The molecule has 0 saturated heterocycles. The molecular weight excluding hydrogens is 280 g/mol. The Morgan fingerprint density at radius 3 is 1.90 bits per heavy atom. The number of hydrogen-bond donors (Lipinski definition) is 0. The maximum Gasteiger partial charge on any atom is 0.175 e. The van der Waals surface area contributed by atoms with Crippen molar-refractivity contribution in [3.63, 3.8) is 0 Å². The first-order chi connectivity index (χ1) is 9.59. The molecule has 21 heavy (non-hydrogen) atoms. The molecule has 0 unspecified atom stereocenters. The summed E-state index contributed by atoms with van der Waals surface area (Å²) in [5.41, 5.74) is 4.82. The second kappa shape index (κ2) is 5.30. The van der Waals surface area contributed by atoms with Crippen molar-refractivity contribution < 1.29 is 8.42 Å². The van der Waals surface area contributed by atoms with Gasteiger partial charge < -0.3 is 0 Å². The molecule has 2 nitrogen and oxygen atoms in total. The second-order valence-electron chi connectivity index (χ2n) is 6.58. The zero-order valence-corrected chi connectivity index (χ0v) is 14.1. The largest absolute Gasteiger partial charge is 0.224 e. The predicted molar refractivity (Wildman–Crippen MR) is 88.4 cm³/mol. The molecule has 0 aliphatic rings. The van der Waals surface area contributed by atoms with Gasteiger partial charge in [0.15, 0.2) is 9.84 Å². The zero-order chi connectivity index (χ0) is 15.8. The first-order valence-corrected chi connectivity index (χ1v) is 8.90. The molecule has 0 aliphatic carbocycles. The minimum atomic E-state index is -3.14. The Hall–Kier alpha value is -1.61. The predicted octanol–water partition coefficient (Wildman–Crippen LogP) is 4.36. The summed E-state index contributed by atoms with van der Waals surface area (Å²) >= 11 is 0. The lowest BCUT2D eigenvalue weighted by atomic mass is 9.84. The van der Waals surface area contributed by atoms with Crippen LogP contribution in [0.5, 0.6) is 0 Å². The van der Waals surface area contributed by atoms with Gasteiger partial charge in [0.05, 0.1) is 4.90 Å². The topological polar surface area (TPSA) is 34.1 Å². The van der Waals surface area contributed by atoms with Crippen molar-refractivity contribution in [3.05, 3.63) is 53.6 Å². The van der Waals surface area contributed by atoms with Gasteiger partial charge >= 0.3 is 0 Å². The molecule has 0 amide bonds. The lowest BCUT2D eigenvalue weighted by Gasteiger charge is -2.20. The molecule has 0 saturated carbocycles. The van der Waals surface area contributed by atoms with Gasteiger partial charge in [-0.25, -0.2) is 8.42 Å². The quantitative estimate of drug-likeness (QED) is 0.826. The fourth-order valence-corrected chi connectivity index (χ4v) is 2.97. The van der Waals surface area contributed by atoms with Crippen molar-refractivity contribution in [3.8, 4) is 11.1 Å². The third-order valence-corrected chi connectivity index (χ3v) is 4.81. The molecule has 2 aromatic carbocycles. The van der Waals surface area contributed by atoms with Crippen molar-refractivity contribution in [1.29, 1.82) is 0 Å². The summed E-state index contributed by atoms with van der Waals surface area (Å²) in [5, 5.41) is 0. The van der Waals surface area contributed by atoms with Crippen LogP contribution < -0.4 is 0 Å². The molecule has 0 radical (unpaired) electrons. The van der Waals surface area contributed by atoms with Gasteiger partial charge in [0.1, 0.15) is 0 Å². The molecule has 2 aromatic rings. The Balaban J connectivity index is 2.44. The van der Waals surface area contributed by atoms with Crippen molar-refractivity contribution in [2.24, 2.45) is 0 Å². The van der Waals surface area contributed by atoms with Crippen LogP contribution in [0, 0.1) is 6.92 Å². The summed E-state index contributed by atoms with van der Waals surface area (Å²) in [6, 6.07) is 13.5. The summed E-state index contributed by atoms with van der Waals surface area (Å²) < 4.78 is 23.0. The molecular formula is C18H22O2S. The van der Waals surface area contributed by atoms with Crippen molar-refractivity contribution in [1.82, 2.24) is 0 Å². The van der Waals surface area contributed by atoms with E-state index in [9.17, 15) is 8.42 Å². The van der Waals surface area contributed by atoms with Crippen molar-refractivity contribution in [2.45, 2.75) is 38.0 Å². The summed E-state index contributed by atoms with van der Waals surface area (Å²) in [5.74, 6) is 0. The lowest BCUT2D eigenvalue weighted by molar-refractivity contribution is 0.590. The van der Waals surface area contributed by atoms with Crippen LogP contribution in [0.25, 0.3) is 11.1 Å². The minimum Gasteiger partial charge on any atom is -0.224 e.